The van der Waals surface area contributed by atoms with Crippen molar-refractivity contribution in [3.8, 4) is 0 Å². The van der Waals surface area contributed by atoms with Crippen molar-refractivity contribution in [2.24, 2.45) is 0 Å². The zero-order chi connectivity index (χ0) is 15.5. The molecule has 0 bridgehead atoms. The van der Waals surface area contributed by atoms with E-state index in [4.69, 9.17) is 0 Å². The Morgan fingerprint density at radius 1 is 1.32 bits per heavy atom. The summed E-state index contributed by atoms with van der Waals surface area (Å²) < 4.78 is 2.37. The smallest absolute Gasteiger partial charge is 0.267 e. The molecule has 1 aromatic heterocycles. The van der Waals surface area contributed by atoms with Crippen molar-refractivity contribution in [2.75, 3.05) is 0 Å². The molecule has 5 nitrogen and oxygen atoms in total. The molecule has 0 unspecified atom stereocenters. The van der Waals surface area contributed by atoms with Gasteiger partial charge in [-0.3, -0.25) is 9.59 Å². The van der Waals surface area contributed by atoms with E-state index in [0.29, 0.717) is 12.5 Å². The van der Waals surface area contributed by atoms with Gasteiger partial charge < -0.3 is 5.32 Å². The van der Waals surface area contributed by atoms with Crippen molar-refractivity contribution in [2.45, 2.75) is 31.8 Å². The quantitative estimate of drug-likeness (QED) is 0.769. The summed E-state index contributed by atoms with van der Waals surface area (Å²) in [6.07, 6.45) is 2.23. The molecular formula is C16H16IN3O2. The van der Waals surface area contributed by atoms with Crippen molar-refractivity contribution in [3.63, 3.8) is 0 Å². The zero-order valence-electron chi connectivity index (χ0n) is 12.0. The van der Waals surface area contributed by atoms with Gasteiger partial charge in [0.2, 0.25) is 5.91 Å². The van der Waals surface area contributed by atoms with E-state index in [0.717, 1.165) is 27.7 Å². The number of aromatic nitrogens is 2. The Kier molecular flexibility index (Phi) is 4.56. The third-order valence-corrected chi connectivity index (χ3v) is 4.23. The van der Waals surface area contributed by atoms with Gasteiger partial charge >= 0.3 is 0 Å². The molecule has 0 radical (unpaired) electrons. The number of nitrogens with one attached hydrogen (secondary N) is 1. The third kappa shape index (κ3) is 3.94. The minimum Gasteiger partial charge on any atom is -0.350 e. The molecule has 0 spiro atoms. The highest BCUT2D eigenvalue weighted by atomic mass is 127. The van der Waals surface area contributed by atoms with Gasteiger partial charge in [0.25, 0.3) is 5.56 Å². The highest BCUT2D eigenvalue weighted by Crippen LogP contribution is 2.38. The second-order valence-electron chi connectivity index (χ2n) is 5.44. The molecule has 114 valence electrons. The number of amides is 1. The number of hydrogen-bond donors (Lipinski definition) is 1. The Morgan fingerprint density at radius 3 is 2.86 bits per heavy atom. The average Bonchev–Trinajstić information content (AvgIpc) is 3.32. The second-order valence-corrected chi connectivity index (χ2v) is 6.68. The van der Waals surface area contributed by atoms with Crippen LogP contribution in [-0.2, 0) is 17.9 Å². The molecule has 3 rings (SSSR count). The molecule has 1 aliphatic rings. The molecule has 1 amide bonds. The predicted octanol–water partition coefficient (Wildman–Crippen LogP) is 2.04. The summed E-state index contributed by atoms with van der Waals surface area (Å²) in [6.45, 7) is 0.413. The first-order valence-corrected chi connectivity index (χ1v) is 8.29. The zero-order valence-corrected chi connectivity index (χ0v) is 14.1. The lowest BCUT2D eigenvalue weighted by Gasteiger charge is -2.08. The minimum atomic E-state index is -0.242. The van der Waals surface area contributed by atoms with Crippen LogP contribution < -0.4 is 10.9 Å². The molecule has 0 saturated heterocycles. The first-order chi connectivity index (χ1) is 10.6. The molecule has 0 atom stereocenters. The molecule has 1 N–H and O–H groups in total. The van der Waals surface area contributed by atoms with Crippen LogP contribution in [0, 0.1) is 3.57 Å². The summed E-state index contributed by atoms with van der Waals surface area (Å²) >= 11 is 2.23. The van der Waals surface area contributed by atoms with E-state index in [1.54, 1.807) is 6.07 Å². The van der Waals surface area contributed by atoms with E-state index in [9.17, 15) is 9.59 Å². The average molecular weight is 409 g/mol. The van der Waals surface area contributed by atoms with Crippen LogP contribution in [0.1, 0.15) is 30.0 Å². The van der Waals surface area contributed by atoms with Gasteiger partial charge in [-0.15, -0.1) is 0 Å². The van der Waals surface area contributed by atoms with E-state index in [1.165, 1.54) is 10.7 Å². The minimum absolute atomic E-state index is 0.0384. The van der Waals surface area contributed by atoms with E-state index < -0.39 is 0 Å². The second kappa shape index (κ2) is 6.60. The fourth-order valence-corrected chi connectivity index (χ4v) is 2.82. The monoisotopic (exact) mass is 409 g/mol. The van der Waals surface area contributed by atoms with Crippen LogP contribution in [0.2, 0.25) is 0 Å². The Bertz CT molecular complexity index is 753. The molecule has 1 heterocycles. The molecule has 1 aromatic carbocycles. The lowest BCUT2D eigenvalue weighted by atomic mass is 10.2. The molecule has 22 heavy (non-hydrogen) atoms. The largest absolute Gasteiger partial charge is 0.350 e. The predicted molar refractivity (Wildman–Crippen MR) is 91.5 cm³/mol. The van der Waals surface area contributed by atoms with Gasteiger partial charge in [0, 0.05) is 22.1 Å². The molecule has 1 aliphatic carbocycles. The number of benzene rings is 1. The van der Waals surface area contributed by atoms with Crippen LogP contribution in [0.5, 0.6) is 0 Å². The van der Waals surface area contributed by atoms with Gasteiger partial charge in [0.15, 0.2) is 0 Å². The van der Waals surface area contributed by atoms with E-state index in [-0.39, 0.29) is 18.0 Å². The number of hydrogen-bond acceptors (Lipinski definition) is 3. The normalized spacial score (nSPS) is 13.9. The van der Waals surface area contributed by atoms with Crippen molar-refractivity contribution in [1.29, 1.82) is 0 Å². The maximum Gasteiger partial charge on any atom is 0.267 e. The van der Waals surface area contributed by atoms with Crippen molar-refractivity contribution in [3.05, 3.63) is 61.6 Å². The number of nitrogens with zero attached hydrogens (tertiary/aromatic N) is 2. The number of carbonyl (C=O) groups excluding carboxylic acids is 1. The standard InChI is InChI=1S/C16H16IN3O2/c17-13-3-1-2-11(8-13)9-18-15(21)10-20-16(22)7-6-14(19-20)12-4-5-12/h1-3,6-8,12H,4-5,9-10H2,(H,18,21). The number of carbonyl (C=O) groups is 1. The summed E-state index contributed by atoms with van der Waals surface area (Å²) in [5, 5.41) is 7.11. The molecule has 6 heteroatoms. The van der Waals surface area contributed by atoms with Gasteiger partial charge in [-0.1, -0.05) is 12.1 Å². The lowest BCUT2D eigenvalue weighted by Crippen LogP contribution is -2.33. The summed E-state index contributed by atoms with van der Waals surface area (Å²) in [7, 11) is 0. The third-order valence-electron chi connectivity index (χ3n) is 3.55. The Labute approximate surface area is 141 Å². The maximum atomic E-state index is 12.0. The topological polar surface area (TPSA) is 64.0 Å². The fraction of sp³-hybridized carbons (Fsp3) is 0.312. The van der Waals surface area contributed by atoms with E-state index in [2.05, 4.69) is 33.0 Å². The lowest BCUT2D eigenvalue weighted by molar-refractivity contribution is -0.122. The molecule has 2 aromatic rings. The van der Waals surface area contributed by atoms with Crippen molar-refractivity contribution in [1.82, 2.24) is 15.1 Å². The van der Waals surface area contributed by atoms with Gasteiger partial charge in [0.1, 0.15) is 6.54 Å². The highest BCUT2D eigenvalue weighted by molar-refractivity contribution is 14.1. The van der Waals surface area contributed by atoms with Crippen LogP contribution in [0.3, 0.4) is 0 Å². The fourth-order valence-electron chi connectivity index (χ4n) is 2.21. The molecule has 1 fully saturated rings. The van der Waals surface area contributed by atoms with Crippen LogP contribution >= 0.6 is 22.6 Å². The first kappa shape index (κ1) is 15.2. The Morgan fingerprint density at radius 2 is 2.14 bits per heavy atom. The molecular weight excluding hydrogens is 393 g/mol. The summed E-state index contributed by atoms with van der Waals surface area (Å²) in [5.74, 6) is 0.253. The number of rotatable bonds is 5. The van der Waals surface area contributed by atoms with E-state index in [1.807, 2.05) is 24.3 Å². The van der Waals surface area contributed by atoms with E-state index >= 15 is 0 Å². The first-order valence-electron chi connectivity index (χ1n) is 7.21. The van der Waals surface area contributed by atoms with Crippen LogP contribution in [0.15, 0.2) is 41.2 Å². The summed E-state index contributed by atoms with van der Waals surface area (Å²) in [6, 6.07) is 11.2. The maximum absolute atomic E-state index is 12.0. The molecule has 1 saturated carbocycles. The number of halogens is 1. The van der Waals surface area contributed by atoms with Crippen LogP contribution in [0.25, 0.3) is 0 Å². The van der Waals surface area contributed by atoms with Crippen LogP contribution in [-0.4, -0.2) is 15.7 Å². The Hall–Kier alpha value is -1.70. The summed E-state index contributed by atoms with van der Waals surface area (Å²) in [4.78, 5) is 23.8. The Balaban J connectivity index is 1.62. The van der Waals surface area contributed by atoms with Crippen LogP contribution in [0.4, 0.5) is 0 Å². The van der Waals surface area contributed by atoms with Crippen molar-refractivity contribution >= 4 is 28.5 Å². The van der Waals surface area contributed by atoms with Crippen molar-refractivity contribution < 1.29 is 4.79 Å². The highest BCUT2D eigenvalue weighted by Gasteiger charge is 2.25. The van der Waals surface area contributed by atoms with Gasteiger partial charge in [-0.05, 0) is 59.2 Å². The van der Waals surface area contributed by atoms with Gasteiger partial charge in [-0.25, -0.2) is 4.68 Å². The van der Waals surface area contributed by atoms with Gasteiger partial charge in [0.05, 0.1) is 5.69 Å². The summed E-state index contributed by atoms with van der Waals surface area (Å²) in [5.41, 5.74) is 1.70. The van der Waals surface area contributed by atoms with Gasteiger partial charge in [-0.2, -0.15) is 5.10 Å². The molecule has 0 aliphatic heterocycles. The SMILES string of the molecule is O=C(Cn1nc(C2CC2)ccc1=O)NCc1cccc(I)c1.